The summed E-state index contributed by atoms with van der Waals surface area (Å²) in [6.07, 6.45) is 3.05. The number of nitrogens with zero attached hydrogens (tertiary/aromatic N) is 2. The van der Waals surface area contributed by atoms with Gasteiger partial charge in [0.05, 0.1) is 6.10 Å². The second kappa shape index (κ2) is 7.48. The minimum Gasteiger partial charge on any atom is -0.391 e. The summed E-state index contributed by atoms with van der Waals surface area (Å²) in [7, 11) is 0. The van der Waals surface area contributed by atoms with Crippen LogP contribution in [-0.2, 0) is 6.54 Å². The van der Waals surface area contributed by atoms with E-state index in [4.69, 9.17) is 0 Å². The van der Waals surface area contributed by atoms with Gasteiger partial charge in [-0.25, -0.2) is 4.98 Å². The number of amides is 1. The highest BCUT2D eigenvalue weighted by atomic mass is 16.3. The Kier molecular flexibility index (Phi) is 5.14. The molecule has 25 heavy (non-hydrogen) atoms. The van der Waals surface area contributed by atoms with Crippen molar-refractivity contribution in [3.63, 3.8) is 0 Å². The molecule has 0 saturated carbocycles. The summed E-state index contributed by atoms with van der Waals surface area (Å²) in [6.45, 7) is 3.39. The number of aryl methyl sites for hydroxylation is 1. The molecule has 3 N–H and O–H groups in total. The lowest BCUT2D eigenvalue weighted by Gasteiger charge is -2.32. The number of hydrogen-bond acceptors (Lipinski definition) is 5. The van der Waals surface area contributed by atoms with E-state index in [9.17, 15) is 14.7 Å². The fourth-order valence-electron chi connectivity index (χ4n) is 3.02. The van der Waals surface area contributed by atoms with Crippen LogP contribution in [-0.4, -0.2) is 40.2 Å². The van der Waals surface area contributed by atoms with E-state index in [1.165, 1.54) is 6.07 Å². The van der Waals surface area contributed by atoms with Crippen LogP contribution in [0.5, 0.6) is 0 Å². The number of rotatable bonds is 4. The van der Waals surface area contributed by atoms with Gasteiger partial charge in [-0.05, 0) is 38.0 Å². The third kappa shape index (κ3) is 4.06. The number of anilines is 1. The zero-order valence-corrected chi connectivity index (χ0v) is 14.2. The number of nitrogens with one attached hydrogen (secondary N) is 2. The Morgan fingerprint density at radius 2 is 2.28 bits per heavy atom. The van der Waals surface area contributed by atoms with Crippen LogP contribution in [0.25, 0.3) is 0 Å². The number of hydrogen-bond donors (Lipinski definition) is 3. The van der Waals surface area contributed by atoms with Gasteiger partial charge < -0.3 is 20.3 Å². The predicted octanol–water partition coefficient (Wildman–Crippen LogP) is 0.969. The van der Waals surface area contributed by atoms with E-state index in [0.717, 1.165) is 30.8 Å². The average Bonchev–Trinajstić information content (AvgIpc) is 2.60. The van der Waals surface area contributed by atoms with Gasteiger partial charge in [-0.2, -0.15) is 0 Å². The van der Waals surface area contributed by atoms with Gasteiger partial charge in [0.2, 0.25) is 0 Å². The monoisotopic (exact) mass is 342 g/mol. The number of aromatic nitrogens is 2. The van der Waals surface area contributed by atoms with Crippen molar-refractivity contribution in [2.24, 2.45) is 0 Å². The molecule has 1 unspecified atom stereocenters. The molecule has 132 valence electrons. The van der Waals surface area contributed by atoms with Crippen LogP contribution < -0.4 is 15.8 Å². The number of piperidine rings is 1. The van der Waals surface area contributed by atoms with Gasteiger partial charge in [0.15, 0.2) is 0 Å². The third-order valence-electron chi connectivity index (χ3n) is 4.30. The van der Waals surface area contributed by atoms with E-state index in [1.807, 2.05) is 17.0 Å². The van der Waals surface area contributed by atoms with Crippen molar-refractivity contribution in [1.29, 1.82) is 0 Å². The first kappa shape index (κ1) is 17.2. The van der Waals surface area contributed by atoms with E-state index in [0.29, 0.717) is 12.2 Å². The molecule has 0 bridgehead atoms. The number of pyridine rings is 2. The number of aromatic amines is 1. The van der Waals surface area contributed by atoms with Crippen LogP contribution in [0, 0.1) is 6.92 Å². The molecule has 3 rings (SSSR count). The molecule has 7 heteroatoms. The van der Waals surface area contributed by atoms with Crippen LogP contribution in [0.3, 0.4) is 0 Å². The van der Waals surface area contributed by atoms with Crippen LogP contribution in [0.4, 0.5) is 5.82 Å². The molecule has 1 saturated heterocycles. The van der Waals surface area contributed by atoms with E-state index in [1.54, 1.807) is 19.2 Å². The third-order valence-corrected chi connectivity index (χ3v) is 4.30. The van der Waals surface area contributed by atoms with Gasteiger partial charge >= 0.3 is 0 Å². The number of carbonyl (C=O) groups excluding carboxylic acids is 1. The zero-order chi connectivity index (χ0) is 17.8. The van der Waals surface area contributed by atoms with Crippen LogP contribution in [0.15, 0.2) is 35.3 Å². The van der Waals surface area contributed by atoms with Gasteiger partial charge in [-0.1, -0.05) is 6.07 Å². The van der Waals surface area contributed by atoms with Gasteiger partial charge in [-0.3, -0.25) is 9.59 Å². The molecule has 0 aromatic carbocycles. The van der Waals surface area contributed by atoms with Gasteiger partial charge in [0.25, 0.3) is 11.5 Å². The Balaban J connectivity index is 1.73. The molecule has 0 spiro atoms. The Hall–Kier alpha value is -2.67. The lowest BCUT2D eigenvalue weighted by Crippen LogP contribution is -2.39. The van der Waals surface area contributed by atoms with Crippen molar-refractivity contribution in [3.8, 4) is 0 Å². The Morgan fingerprint density at radius 1 is 1.44 bits per heavy atom. The summed E-state index contributed by atoms with van der Waals surface area (Å²) >= 11 is 0. The molecule has 3 heterocycles. The van der Waals surface area contributed by atoms with Crippen molar-refractivity contribution in [2.75, 3.05) is 18.0 Å². The first-order valence-electron chi connectivity index (χ1n) is 8.39. The summed E-state index contributed by atoms with van der Waals surface area (Å²) in [6, 6.07) is 6.92. The molecule has 1 aliphatic rings. The molecule has 2 aromatic rings. The van der Waals surface area contributed by atoms with Crippen molar-refractivity contribution in [3.05, 3.63) is 57.6 Å². The zero-order valence-electron chi connectivity index (χ0n) is 14.2. The molecule has 1 fully saturated rings. The molecule has 7 nitrogen and oxygen atoms in total. The van der Waals surface area contributed by atoms with Crippen molar-refractivity contribution in [2.45, 2.75) is 32.4 Å². The molecule has 2 aromatic heterocycles. The highest BCUT2D eigenvalue weighted by molar-refractivity contribution is 5.93. The quantitative estimate of drug-likeness (QED) is 0.769. The molecule has 1 amide bonds. The molecule has 1 aliphatic heterocycles. The molecule has 0 radical (unpaired) electrons. The average molecular weight is 342 g/mol. The molecule has 0 aliphatic carbocycles. The number of aliphatic hydroxyl groups excluding tert-OH is 1. The minimum atomic E-state index is -0.422. The topological polar surface area (TPSA) is 98.3 Å². The standard InChI is InChI=1S/C18H22N4O3/c1-12-6-7-15(18(25)21-12)17(24)20-10-13-4-2-8-19-16(13)22-9-3-5-14(23)11-22/h2,4,6-8,14,23H,3,5,9-11H2,1H3,(H,20,24)(H,21,25). The first-order valence-corrected chi connectivity index (χ1v) is 8.39. The van der Waals surface area contributed by atoms with Gasteiger partial charge in [0, 0.05) is 37.1 Å². The van der Waals surface area contributed by atoms with Gasteiger partial charge in [0.1, 0.15) is 11.4 Å². The summed E-state index contributed by atoms with van der Waals surface area (Å²) in [4.78, 5) is 33.2. The Morgan fingerprint density at radius 3 is 3.04 bits per heavy atom. The van der Waals surface area contributed by atoms with E-state index in [2.05, 4.69) is 15.3 Å². The van der Waals surface area contributed by atoms with E-state index >= 15 is 0 Å². The molecular formula is C18H22N4O3. The fraction of sp³-hybridized carbons (Fsp3) is 0.389. The molecular weight excluding hydrogens is 320 g/mol. The number of β-amino-alcohol motifs (C(OH)–C–C–N with tert-alkyl or cyclic N) is 1. The van der Waals surface area contributed by atoms with E-state index < -0.39 is 11.5 Å². The maximum absolute atomic E-state index is 12.3. The maximum atomic E-state index is 12.3. The molecule has 1 atom stereocenters. The second-order valence-corrected chi connectivity index (χ2v) is 6.30. The number of H-pyrrole nitrogens is 1. The van der Waals surface area contributed by atoms with Crippen LogP contribution in [0.1, 0.15) is 34.5 Å². The van der Waals surface area contributed by atoms with Crippen molar-refractivity contribution < 1.29 is 9.90 Å². The highest BCUT2D eigenvalue weighted by Gasteiger charge is 2.21. The summed E-state index contributed by atoms with van der Waals surface area (Å²) in [5.74, 6) is 0.342. The van der Waals surface area contributed by atoms with Crippen LogP contribution >= 0.6 is 0 Å². The minimum absolute atomic E-state index is 0.0874. The van der Waals surface area contributed by atoms with Crippen LogP contribution in [0.2, 0.25) is 0 Å². The first-order chi connectivity index (χ1) is 12.0. The normalized spacial score (nSPS) is 17.4. The Bertz CT molecular complexity index is 818. The smallest absolute Gasteiger partial charge is 0.260 e. The van der Waals surface area contributed by atoms with Crippen molar-refractivity contribution in [1.82, 2.24) is 15.3 Å². The van der Waals surface area contributed by atoms with Gasteiger partial charge in [-0.15, -0.1) is 0 Å². The lowest BCUT2D eigenvalue weighted by atomic mass is 10.1. The SMILES string of the molecule is Cc1ccc(C(=O)NCc2cccnc2N2CCCC(O)C2)c(=O)[nH]1. The fourth-order valence-corrected chi connectivity index (χ4v) is 3.02. The largest absolute Gasteiger partial charge is 0.391 e. The summed E-state index contributed by atoms with van der Waals surface area (Å²) in [5.41, 5.74) is 1.25. The highest BCUT2D eigenvalue weighted by Crippen LogP contribution is 2.21. The lowest BCUT2D eigenvalue weighted by molar-refractivity contribution is 0.0949. The van der Waals surface area contributed by atoms with E-state index in [-0.39, 0.29) is 18.2 Å². The second-order valence-electron chi connectivity index (χ2n) is 6.30. The number of aliphatic hydroxyl groups is 1. The predicted molar refractivity (Wildman–Crippen MR) is 94.7 cm³/mol. The number of carbonyl (C=O) groups is 1. The summed E-state index contributed by atoms with van der Waals surface area (Å²) in [5, 5.41) is 12.7. The maximum Gasteiger partial charge on any atom is 0.260 e. The summed E-state index contributed by atoms with van der Waals surface area (Å²) < 4.78 is 0. The Labute approximate surface area is 145 Å². The van der Waals surface area contributed by atoms with Crippen molar-refractivity contribution >= 4 is 11.7 Å².